The number of carboxylic acids is 1. The molecule has 0 aliphatic carbocycles. The fraction of sp³-hybridized carbons (Fsp3) is 0.105. The van der Waals surface area contributed by atoms with Gasteiger partial charge in [-0.3, -0.25) is 4.79 Å². The van der Waals surface area contributed by atoms with Gasteiger partial charge < -0.3 is 9.84 Å². The van der Waals surface area contributed by atoms with Gasteiger partial charge in [0.2, 0.25) is 0 Å². The zero-order chi connectivity index (χ0) is 16.1. The van der Waals surface area contributed by atoms with Gasteiger partial charge in [-0.2, -0.15) is 11.3 Å². The largest absolute Gasteiger partial charge is 0.489 e. The van der Waals surface area contributed by atoms with Crippen molar-refractivity contribution in [2.24, 2.45) is 0 Å². The van der Waals surface area contributed by atoms with Crippen LogP contribution in [0.5, 0.6) is 5.75 Å². The van der Waals surface area contributed by atoms with Crippen molar-refractivity contribution in [3.63, 3.8) is 0 Å². The van der Waals surface area contributed by atoms with Crippen LogP contribution in [-0.4, -0.2) is 11.1 Å². The summed E-state index contributed by atoms with van der Waals surface area (Å²) in [5.74, 6) is -0.0948. The van der Waals surface area contributed by atoms with Gasteiger partial charge in [-0.15, -0.1) is 0 Å². The van der Waals surface area contributed by atoms with E-state index in [9.17, 15) is 4.79 Å². The van der Waals surface area contributed by atoms with E-state index in [2.05, 4.69) is 29.0 Å². The molecule has 23 heavy (non-hydrogen) atoms. The highest BCUT2D eigenvalue weighted by Gasteiger charge is 2.06. The molecule has 0 saturated carbocycles. The van der Waals surface area contributed by atoms with E-state index >= 15 is 0 Å². The zero-order valence-electron chi connectivity index (χ0n) is 12.4. The molecule has 2 aromatic carbocycles. The summed E-state index contributed by atoms with van der Waals surface area (Å²) in [7, 11) is 0. The Balaban J connectivity index is 1.70. The van der Waals surface area contributed by atoms with Gasteiger partial charge in [-0.05, 0) is 51.2 Å². The van der Waals surface area contributed by atoms with Gasteiger partial charge >= 0.3 is 5.97 Å². The highest BCUT2D eigenvalue weighted by atomic mass is 32.1. The molecule has 0 aliphatic rings. The molecule has 116 valence electrons. The van der Waals surface area contributed by atoms with E-state index in [1.807, 2.05) is 24.3 Å². The lowest BCUT2D eigenvalue weighted by molar-refractivity contribution is -0.136. The first-order valence-corrected chi connectivity index (χ1v) is 8.20. The second kappa shape index (κ2) is 7.11. The Kier molecular flexibility index (Phi) is 4.74. The molecule has 0 bridgehead atoms. The van der Waals surface area contributed by atoms with Crippen LogP contribution in [0.3, 0.4) is 0 Å². The molecule has 0 saturated heterocycles. The molecule has 3 rings (SSSR count). The summed E-state index contributed by atoms with van der Waals surface area (Å²) in [4.78, 5) is 10.7. The van der Waals surface area contributed by atoms with Gasteiger partial charge in [0.25, 0.3) is 0 Å². The lowest BCUT2D eigenvalue weighted by Gasteiger charge is -2.10. The first kappa shape index (κ1) is 15.3. The monoisotopic (exact) mass is 324 g/mol. The normalized spacial score (nSPS) is 10.4. The summed E-state index contributed by atoms with van der Waals surface area (Å²) in [6.45, 7) is 0.476. The van der Waals surface area contributed by atoms with Crippen molar-refractivity contribution in [2.75, 3.05) is 0 Å². The quantitative estimate of drug-likeness (QED) is 0.719. The molecule has 3 nitrogen and oxygen atoms in total. The third kappa shape index (κ3) is 3.99. The minimum Gasteiger partial charge on any atom is -0.489 e. The Bertz CT molecular complexity index is 777. The Labute approximate surface area is 138 Å². The Morgan fingerprint density at radius 1 is 1.04 bits per heavy atom. The van der Waals surface area contributed by atoms with Crippen LogP contribution >= 0.6 is 11.3 Å². The van der Waals surface area contributed by atoms with Crippen molar-refractivity contribution in [1.29, 1.82) is 0 Å². The molecule has 0 radical (unpaired) electrons. The summed E-state index contributed by atoms with van der Waals surface area (Å²) in [5, 5.41) is 13.0. The van der Waals surface area contributed by atoms with Crippen LogP contribution in [0.15, 0.2) is 65.4 Å². The number of rotatable bonds is 6. The number of thiophene rings is 1. The molecule has 3 aromatic rings. The minimum absolute atomic E-state index is 0.0290. The smallest absolute Gasteiger partial charge is 0.307 e. The van der Waals surface area contributed by atoms with Crippen LogP contribution < -0.4 is 4.74 Å². The van der Waals surface area contributed by atoms with Crippen LogP contribution in [0.4, 0.5) is 0 Å². The molecule has 0 amide bonds. The van der Waals surface area contributed by atoms with E-state index in [0.717, 1.165) is 16.9 Å². The molecule has 0 unspecified atom stereocenters. The lowest BCUT2D eigenvalue weighted by atomic mass is 10.0. The van der Waals surface area contributed by atoms with Crippen molar-refractivity contribution in [3.05, 3.63) is 76.5 Å². The number of ether oxygens (including phenoxy) is 1. The fourth-order valence-corrected chi connectivity index (χ4v) is 3.04. The van der Waals surface area contributed by atoms with Crippen LogP contribution in [-0.2, 0) is 17.8 Å². The van der Waals surface area contributed by atoms with Gasteiger partial charge in [-0.25, -0.2) is 0 Å². The minimum atomic E-state index is -0.830. The maximum Gasteiger partial charge on any atom is 0.307 e. The maximum atomic E-state index is 10.7. The number of carbonyl (C=O) groups is 1. The molecular formula is C19H16O3S. The van der Waals surface area contributed by atoms with Gasteiger partial charge in [0.15, 0.2) is 0 Å². The first-order chi connectivity index (χ1) is 11.2. The van der Waals surface area contributed by atoms with Gasteiger partial charge in [-0.1, -0.05) is 36.4 Å². The summed E-state index contributed by atoms with van der Waals surface area (Å²) >= 11 is 1.68. The predicted octanol–water partition coefficient (Wildman–Crippen LogP) is 4.62. The molecule has 0 aliphatic heterocycles. The van der Waals surface area contributed by atoms with E-state index in [1.54, 1.807) is 23.5 Å². The van der Waals surface area contributed by atoms with E-state index in [1.165, 1.54) is 11.1 Å². The van der Waals surface area contributed by atoms with Gasteiger partial charge in [0.05, 0.1) is 6.42 Å². The van der Waals surface area contributed by atoms with Crippen LogP contribution in [0.2, 0.25) is 0 Å². The molecule has 0 spiro atoms. The maximum absolute atomic E-state index is 10.7. The highest BCUT2D eigenvalue weighted by Crippen LogP contribution is 2.26. The third-order valence-corrected chi connectivity index (χ3v) is 4.21. The molecule has 0 atom stereocenters. The van der Waals surface area contributed by atoms with E-state index in [-0.39, 0.29) is 6.42 Å². The van der Waals surface area contributed by atoms with E-state index < -0.39 is 5.97 Å². The second-order valence-corrected chi connectivity index (χ2v) is 5.95. The van der Waals surface area contributed by atoms with Crippen molar-refractivity contribution >= 4 is 17.3 Å². The lowest BCUT2D eigenvalue weighted by Crippen LogP contribution is -2.00. The number of hydrogen-bond donors (Lipinski definition) is 1. The van der Waals surface area contributed by atoms with Crippen molar-refractivity contribution in [2.45, 2.75) is 13.0 Å². The molecule has 0 fully saturated rings. The predicted molar refractivity (Wildman–Crippen MR) is 91.9 cm³/mol. The average molecular weight is 324 g/mol. The average Bonchev–Trinajstić information content (AvgIpc) is 3.08. The van der Waals surface area contributed by atoms with E-state index in [0.29, 0.717) is 6.61 Å². The molecule has 1 heterocycles. The van der Waals surface area contributed by atoms with Gasteiger partial charge in [0.1, 0.15) is 12.4 Å². The topological polar surface area (TPSA) is 46.5 Å². The van der Waals surface area contributed by atoms with Crippen molar-refractivity contribution < 1.29 is 14.6 Å². The summed E-state index contributed by atoms with van der Waals surface area (Å²) < 4.78 is 5.85. The van der Waals surface area contributed by atoms with E-state index in [4.69, 9.17) is 9.84 Å². The molecule has 1 N–H and O–H groups in total. The Hall–Kier alpha value is -2.59. The first-order valence-electron chi connectivity index (χ1n) is 7.26. The Morgan fingerprint density at radius 2 is 1.83 bits per heavy atom. The Morgan fingerprint density at radius 3 is 2.52 bits per heavy atom. The van der Waals surface area contributed by atoms with Gasteiger partial charge in [0, 0.05) is 0 Å². The molecule has 4 heteroatoms. The fourth-order valence-electron chi connectivity index (χ4n) is 2.38. The second-order valence-electron chi connectivity index (χ2n) is 5.17. The number of benzene rings is 2. The van der Waals surface area contributed by atoms with Crippen LogP contribution in [0.25, 0.3) is 11.1 Å². The number of hydrogen-bond acceptors (Lipinski definition) is 3. The number of aliphatic carboxylic acids is 1. The SMILES string of the molecule is O=C(O)Cc1ccc(OCc2ccccc2-c2ccsc2)cc1. The summed E-state index contributed by atoms with van der Waals surface area (Å²) in [6, 6.07) is 17.5. The highest BCUT2D eigenvalue weighted by molar-refractivity contribution is 7.08. The summed E-state index contributed by atoms with van der Waals surface area (Å²) in [6.07, 6.45) is 0.0290. The molecular weight excluding hydrogens is 308 g/mol. The third-order valence-electron chi connectivity index (χ3n) is 3.52. The summed E-state index contributed by atoms with van der Waals surface area (Å²) in [5.41, 5.74) is 4.27. The standard InChI is InChI=1S/C19H16O3S/c20-19(21)11-14-5-7-17(8-6-14)22-12-15-3-1-2-4-18(15)16-9-10-23-13-16/h1-10,13H,11-12H2,(H,20,21). The molecule has 1 aromatic heterocycles. The number of carboxylic acid groups (broad SMARTS) is 1. The van der Waals surface area contributed by atoms with Crippen LogP contribution in [0.1, 0.15) is 11.1 Å². The van der Waals surface area contributed by atoms with Crippen LogP contribution in [0, 0.1) is 0 Å². The van der Waals surface area contributed by atoms with Crippen molar-refractivity contribution in [1.82, 2.24) is 0 Å². The van der Waals surface area contributed by atoms with Crippen molar-refractivity contribution in [3.8, 4) is 16.9 Å². The zero-order valence-corrected chi connectivity index (χ0v) is 13.3.